The van der Waals surface area contributed by atoms with Gasteiger partial charge in [0.05, 0.1) is 23.6 Å². The number of unbranched alkanes of at least 4 members (excludes halogenated alkanes) is 1. The van der Waals surface area contributed by atoms with Crippen LogP contribution in [-0.2, 0) is 23.9 Å². The summed E-state index contributed by atoms with van der Waals surface area (Å²) in [7, 11) is 0. The minimum atomic E-state index is -0.695. The third-order valence-electron chi connectivity index (χ3n) is 5.32. The van der Waals surface area contributed by atoms with Gasteiger partial charge in [0.2, 0.25) is 5.91 Å². The topological polar surface area (TPSA) is 120 Å². The van der Waals surface area contributed by atoms with Gasteiger partial charge in [-0.1, -0.05) is 36.5 Å². The Hall–Kier alpha value is -4.08. The van der Waals surface area contributed by atoms with Crippen LogP contribution in [-0.4, -0.2) is 37.0 Å². The first kappa shape index (κ1) is 30.5. The molecule has 0 heterocycles. The van der Waals surface area contributed by atoms with Crippen molar-refractivity contribution in [2.24, 2.45) is 0 Å². The molecule has 0 aliphatic heterocycles. The molecule has 0 saturated carbocycles. The second kappa shape index (κ2) is 15.5. The van der Waals surface area contributed by atoms with E-state index in [-0.39, 0.29) is 12.8 Å². The summed E-state index contributed by atoms with van der Waals surface area (Å²) in [4.78, 5) is 48.2. The molecular weight excluding hydrogens is 559 g/mol. The fraction of sp³-hybridized carbons (Fsp3) is 0.241. The van der Waals surface area contributed by atoms with Crippen LogP contribution in [0.25, 0.3) is 0 Å². The molecule has 3 aromatic carbocycles. The number of amides is 2. The number of esters is 2. The van der Waals surface area contributed by atoms with E-state index in [0.29, 0.717) is 45.1 Å². The van der Waals surface area contributed by atoms with Gasteiger partial charge < -0.3 is 24.8 Å². The van der Waals surface area contributed by atoms with E-state index in [9.17, 15) is 19.2 Å². The highest BCUT2D eigenvalue weighted by molar-refractivity contribution is 6.35. The number of hydrogen-bond donors (Lipinski definition) is 2. The molecule has 3 rings (SSSR count). The molecule has 2 amide bonds. The van der Waals surface area contributed by atoms with E-state index in [4.69, 9.17) is 37.4 Å². The Bertz CT molecular complexity index is 1330. The summed E-state index contributed by atoms with van der Waals surface area (Å²) in [5, 5.41) is 6.10. The van der Waals surface area contributed by atoms with Crippen LogP contribution in [0.4, 0.5) is 11.4 Å². The number of halogens is 2. The SMILES string of the molecule is CCCCOC(=O)c1ccc(NC(=O)COC(=O)CCC(=O)Nc2ccc(Oc3ccc(Cl)cc3Cl)cc2)cc1. The van der Waals surface area contributed by atoms with Gasteiger partial charge in [-0.15, -0.1) is 0 Å². The van der Waals surface area contributed by atoms with E-state index in [1.807, 2.05) is 6.92 Å². The van der Waals surface area contributed by atoms with Gasteiger partial charge in [-0.05, 0) is 73.2 Å². The normalized spacial score (nSPS) is 10.4. The van der Waals surface area contributed by atoms with Crippen molar-refractivity contribution in [3.8, 4) is 11.5 Å². The molecular formula is C29H28Cl2N2O7. The molecule has 0 aliphatic carbocycles. The number of carbonyl (C=O) groups excluding carboxylic acids is 4. The molecule has 0 saturated heterocycles. The Morgan fingerprint density at radius 2 is 1.43 bits per heavy atom. The van der Waals surface area contributed by atoms with Crippen LogP contribution in [0, 0.1) is 0 Å². The summed E-state index contributed by atoms with van der Waals surface area (Å²) in [6.45, 7) is 1.84. The third kappa shape index (κ3) is 10.2. The Morgan fingerprint density at radius 3 is 2.08 bits per heavy atom. The highest BCUT2D eigenvalue weighted by Gasteiger charge is 2.12. The molecule has 0 atom stereocenters. The van der Waals surface area contributed by atoms with Crippen molar-refractivity contribution in [1.82, 2.24) is 0 Å². The van der Waals surface area contributed by atoms with Crippen molar-refractivity contribution >= 4 is 58.3 Å². The van der Waals surface area contributed by atoms with Crippen LogP contribution in [0.5, 0.6) is 11.5 Å². The minimum absolute atomic E-state index is 0.130. The van der Waals surface area contributed by atoms with Crippen molar-refractivity contribution in [3.63, 3.8) is 0 Å². The molecule has 0 bridgehead atoms. The average Bonchev–Trinajstić information content (AvgIpc) is 2.94. The van der Waals surface area contributed by atoms with Gasteiger partial charge in [-0.2, -0.15) is 0 Å². The first-order chi connectivity index (χ1) is 19.2. The zero-order valence-electron chi connectivity index (χ0n) is 21.7. The fourth-order valence-electron chi connectivity index (χ4n) is 3.23. The zero-order valence-corrected chi connectivity index (χ0v) is 23.2. The molecule has 0 radical (unpaired) electrons. The van der Waals surface area contributed by atoms with E-state index in [2.05, 4.69) is 10.6 Å². The second-order valence-electron chi connectivity index (χ2n) is 8.53. The summed E-state index contributed by atoms with van der Waals surface area (Å²) < 4.78 is 15.8. The van der Waals surface area contributed by atoms with Crippen LogP contribution in [0.2, 0.25) is 10.0 Å². The predicted molar refractivity (Wildman–Crippen MR) is 152 cm³/mol. The van der Waals surface area contributed by atoms with Crippen LogP contribution in [0.1, 0.15) is 43.0 Å². The van der Waals surface area contributed by atoms with Gasteiger partial charge in [0.1, 0.15) is 11.5 Å². The summed E-state index contributed by atoms with van der Waals surface area (Å²) in [6.07, 6.45) is 1.37. The number of nitrogens with one attached hydrogen (secondary N) is 2. The number of rotatable bonds is 13. The molecule has 0 aromatic heterocycles. The van der Waals surface area contributed by atoms with Crippen molar-refractivity contribution < 1.29 is 33.4 Å². The quantitative estimate of drug-likeness (QED) is 0.170. The van der Waals surface area contributed by atoms with E-state index in [1.165, 1.54) is 12.1 Å². The molecule has 0 unspecified atom stereocenters. The summed E-state index contributed by atoms with van der Waals surface area (Å²) in [5.74, 6) is -1.14. The molecule has 210 valence electrons. The maximum Gasteiger partial charge on any atom is 0.338 e. The maximum absolute atomic E-state index is 12.2. The summed E-state index contributed by atoms with van der Waals surface area (Å²) in [5.41, 5.74) is 1.30. The van der Waals surface area contributed by atoms with Crippen LogP contribution in [0.15, 0.2) is 66.7 Å². The lowest BCUT2D eigenvalue weighted by atomic mass is 10.2. The zero-order chi connectivity index (χ0) is 28.9. The average molecular weight is 587 g/mol. The standard InChI is InChI=1S/C29H28Cl2N2O7/c1-2-3-16-38-29(37)19-4-7-21(8-5-19)33-27(35)18-39-28(36)15-14-26(34)32-22-9-11-23(12-10-22)40-25-13-6-20(30)17-24(25)31/h4-13,17H,2-3,14-16,18H2,1H3,(H,32,34)(H,33,35). The highest BCUT2D eigenvalue weighted by Crippen LogP contribution is 2.32. The van der Waals surface area contributed by atoms with Gasteiger partial charge in [0.15, 0.2) is 6.61 Å². The lowest BCUT2D eigenvalue weighted by Gasteiger charge is -2.10. The predicted octanol–water partition coefficient (Wildman–Crippen LogP) is 6.64. The number of carbonyl (C=O) groups is 4. The number of ether oxygens (including phenoxy) is 3. The third-order valence-corrected chi connectivity index (χ3v) is 5.85. The van der Waals surface area contributed by atoms with Gasteiger partial charge >= 0.3 is 11.9 Å². The molecule has 40 heavy (non-hydrogen) atoms. The Labute approximate surface area is 241 Å². The van der Waals surface area contributed by atoms with Gasteiger partial charge in [-0.3, -0.25) is 14.4 Å². The van der Waals surface area contributed by atoms with Crippen molar-refractivity contribution in [1.29, 1.82) is 0 Å². The molecule has 0 aliphatic rings. The first-order valence-electron chi connectivity index (χ1n) is 12.5. The van der Waals surface area contributed by atoms with Crippen LogP contribution in [0.3, 0.4) is 0 Å². The Morgan fingerprint density at radius 1 is 0.775 bits per heavy atom. The molecule has 3 aromatic rings. The number of benzene rings is 3. The van der Waals surface area contributed by atoms with E-state index >= 15 is 0 Å². The fourth-order valence-corrected chi connectivity index (χ4v) is 3.67. The summed E-state index contributed by atoms with van der Waals surface area (Å²) >= 11 is 12.0. The van der Waals surface area contributed by atoms with E-state index < -0.39 is 30.4 Å². The largest absolute Gasteiger partial charge is 0.462 e. The smallest absolute Gasteiger partial charge is 0.338 e. The highest BCUT2D eigenvalue weighted by atomic mass is 35.5. The van der Waals surface area contributed by atoms with Crippen LogP contribution < -0.4 is 15.4 Å². The minimum Gasteiger partial charge on any atom is -0.462 e. The molecule has 0 fully saturated rings. The molecule has 9 nitrogen and oxygen atoms in total. The number of anilines is 2. The van der Waals surface area contributed by atoms with Crippen molar-refractivity contribution in [2.45, 2.75) is 32.6 Å². The van der Waals surface area contributed by atoms with E-state index in [1.54, 1.807) is 54.6 Å². The van der Waals surface area contributed by atoms with Crippen LogP contribution >= 0.6 is 23.2 Å². The monoisotopic (exact) mass is 586 g/mol. The molecule has 2 N–H and O–H groups in total. The molecule has 0 spiro atoms. The second-order valence-corrected chi connectivity index (χ2v) is 9.37. The lowest BCUT2D eigenvalue weighted by molar-refractivity contribution is -0.147. The molecule has 11 heteroatoms. The maximum atomic E-state index is 12.2. The Kier molecular flexibility index (Phi) is 11.8. The van der Waals surface area contributed by atoms with Crippen molar-refractivity contribution in [2.75, 3.05) is 23.8 Å². The van der Waals surface area contributed by atoms with Gasteiger partial charge in [0, 0.05) is 22.8 Å². The number of hydrogen-bond acceptors (Lipinski definition) is 7. The van der Waals surface area contributed by atoms with Crippen molar-refractivity contribution in [3.05, 3.63) is 82.3 Å². The summed E-state index contributed by atoms with van der Waals surface area (Å²) in [6, 6.07) is 17.6. The van der Waals surface area contributed by atoms with Gasteiger partial charge in [0.25, 0.3) is 5.91 Å². The Balaban J connectivity index is 1.35. The van der Waals surface area contributed by atoms with Gasteiger partial charge in [-0.25, -0.2) is 4.79 Å². The lowest BCUT2D eigenvalue weighted by Crippen LogP contribution is -2.21. The first-order valence-corrected chi connectivity index (χ1v) is 13.2. The van der Waals surface area contributed by atoms with E-state index in [0.717, 1.165) is 12.8 Å².